The summed E-state index contributed by atoms with van der Waals surface area (Å²) in [5, 5.41) is 3.24. The number of likely N-dealkylation sites (N-methyl/N-ethyl adjacent to an activating group) is 1. The van der Waals surface area contributed by atoms with Crippen LogP contribution in [0.25, 0.3) is 0 Å². The van der Waals surface area contributed by atoms with Crippen LogP contribution in [0.4, 0.5) is 11.8 Å². The van der Waals surface area contributed by atoms with Gasteiger partial charge in [0.05, 0.1) is 6.10 Å². The Labute approximate surface area is 115 Å². The number of nitrogens with zero attached hydrogens (tertiary/aromatic N) is 3. The van der Waals surface area contributed by atoms with Gasteiger partial charge in [-0.25, -0.2) is 4.98 Å². The molecule has 1 saturated heterocycles. The monoisotopic (exact) mass is 264 g/mol. The van der Waals surface area contributed by atoms with Crippen LogP contribution in [0.2, 0.25) is 0 Å². The fraction of sp³-hybridized carbons (Fsp3) is 0.714. The molecule has 106 valence electrons. The molecule has 5 nitrogen and oxygen atoms in total. The number of aryl methyl sites for hydroxylation is 1. The smallest absolute Gasteiger partial charge is 0.224 e. The van der Waals surface area contributed by atoms with Crippen molar-refractivity contribution >= 4 is 11.8 Å². The SMILES string of the molecule is CCCNc1nc(C)cc(N(C)CC2CCCO2)n1. The molecule has 1 fully saturated rings. The van der Waals surface area contributed by atoms with Crippen LogP contribution in [0.5, 0.6) is 0 Å². The third-order valence-electron chi connectivity index (χ3n) is 3.27. The molecule has 1 aromatic heterocycles. The van der Waals surface area contributed by atoms with E-state index in [4.69, 9.17) is 4.74 Å². The Bertz CT molecular complexity index is 404. The van der Waals surface area contributed by atoms with Crippen LogP contribution in [-0.4, -0.2) is 42.8 Å². The van der Waals surface area contributed by atoms with Crippen molar-refractivity contribution in [2.45, 2.75) is 39.2 Å². The first-order valence-corrected chi connectivity index (χ1v) is 7.11. The Morgan fingerprint density at radius 2 is 2.32 bits per heavy atom. The van der Waals surface area contributed by atoms with Crippen LogP contribution >= 0.6 is 0 Å². The molecular formula is C14H24N4O. The molecule has 5 heteroatoms. The molecule has 0 radical (unpaired) electrons. The third-order valence-corrected chi connectivity index (χ3v) is 3.27. The molecular weight excluding hydrogens is 240 g/mol. The van der Waals surface area contributed by atoms with Crippen molar-refractivity contribution in [1.29, 1.82) is 0 Å². The largest absolute Gasteiger partial charge is 0.376 e. The van der Waals surface area contributed by atoms with E-state index >= 15 is 0 Å². The summed E-state index contributed by atoms with van der Waals surface area (Å²) in [5.74, 6) is 1.68. The Morgan fingerprint density at radius 1 is 1.47 bits per heavy atom. The van der Waals surface area contributed by atoms with Crippen molar-refractivity contribution in [3.05, 3.63) is 11.8 Å². The second kappa shape index (κ2) is 6.70. The lowest BCUT2D eigenvalue weighted by Gasteiger charge is -2.22. The summed E-state index contributed by atoms with van der Waals surface area (Å²) in [6, 6.07) is 2.02. The maximum Gasteiger partial charge on any atom is 0.224 e. The van der Waals surface area contributed by atoms with E-state index in [1.165, 1.54) is 6.42 Å². The molecule has 19 heavy (non-hydrogen) atoms. The topological polar surface area (TPSA) is 50.3 Å². The van der Waals surface area contributed by atoms with Crippen molar-refractivity contribution in [2.24, 2.45) is 0 Å². The summed E-state index contributed by atoms with van der Waals surface area (Å²) < 4.78 is 5.67. The zero-order valence-electron chi connectivity index (χ0n) is 12.1. The molecule has 0 aromatic carbocycles. The van der Waals surface area contributed by atoms with Gasteiger partial charge in [-0.3, -0.25) is 0 Å². The molecule has 0 spiro atoms. The van der Waals surface area contributed by atoms with Crippen LogP contribution in [0.1, 0.15) is 31.9 Å². The molecule has 1 N–H and O–H groups in total. The summed E-state index contributed by atoms with van der Waals surface area (Å²) in [6.45, 7) is 6.82. The highest BCUT2D eigenvalue weighted by atomic mass is 16.5. The highest BCUT2D eigenvalue weighted by Gasteiger charge is 2.18. The van der Waals surface area contributed by atoms with Gasteiger partial charge in [-0.2, -0.15) is 4.98 Å². The van der Waals surface area contributed by atoms with E-state index in [1.807, 2.05) is 13.0 Å². The van der Waals surface area contributed by atoms with Crippen molar-refractivity contribution in [3.8, 4) is 0 Å². The Hall–Kier alpha value is -1.36. The van der Waals surface area contributed by atoms with Gasteiger partial charge in [0.1, 0.15) is 5.82 Å². The lowest BCUT2D eigenvalue weighted by atomic mass is 10.2. The standard InChI is InChI=1S/C14H24N4O/c1-4-7-15-14-16-11(2)9-13(17-14)18(3)10-12-6-5-8-19-12/h9,12H,4-8,10H2,1-3H3,(H,15,16,17). The van der Waals surface area contributed by atoms with E-state index in [1.54, 1.807) is 0 Å². The molecule has 1 unspecified atom stereocenters. The van der Waals surface area contributed by atoms with E-state index < -0.39 is 0 Å². The molecule has 2 heterocycles. The first kappa shape index (κ1) is 14.1. The first-order chi connectivity index (χ1) is 9.19. The third kappa shape index (κ3) is 4.06. The minimum Gasteiger partial charge on any atom is -0.376 e. The van der Waals surface area contributed by atoms with E-state index in [0.717, 1.165) is 50.0 Å². The van der Waals surface area contributed by atoms with Crippen molar-refractivity contribution in [1.82, 2.24) is 9.97 Å². The fourth-order valence-corrected chi connectivity index (χ4v) is 2.25. The number of aromatic nitrogens is 2. The number of anilines is 2. The molecule has 0 saturated carbocycles. The quantitative estimate of drug-likeness (QED) is 0.854. The number of hydrogen-bond donors (Lipinski definition) is 1. The molecule has 0 amide bonds. The Kier molecular flexibility index (Phi) is 4.96. The normalized spacial score (nSPS) is 18.6. The van der Waals surface area contributed by atoms with Gasteiger partial charge in [0.15, 0.2) is 0 Å². The molecule has 0 bridgehead atoms. The number of hydrogen-bond acceptors (Lipinski definition) is 5. The lowest BCUT2D eigenvalue weighted by Crippen LogP contribution is -2.29. The maximum atomic E-state index is 5.67. The van der Waals surface area contributed by atoms with Crippen LogP contribution in [0, 0.1) is 6.92 Å². The number of ether oxygens (including phenoxy) is 1. The molecule has 1 aliphatic rings. The van der Waals surface area contributed by atoms with Crippen LogP contribution < -0.4 is 10.2 Å². The molecule has 1 aliphatic heterocycles. The maximum absolute atomic E-state index is 5.67. The number of nitrogens with one attached hydrogen (secondary N) is 1. The minimum absolute atomic E-state index is 0.340. The Balaban J connectivity index is 2.02. The van der Waals surface area contributed by atoms with Gasteiger partial charge in [-0.15, -0.1) is 0 Å². The lowest BCUT2D eigenvalue weighted by molar-refractivity contribution is 0.116. The fourth-order valence-electron chi connectivity index (χ4n) is 2.25. The van der Waals surface area contributed by atoms with Crippen LogP contribution in [0.3, 0.4) is 0 Å². The minimum atomic E-state index is 0.340. The predicted octanol–water partition coefficient (Wildman–Crippen LogP) is 2.22. The zero-order valence-corrected chi connectivity index (χ0v) is 12.1. The Morgan fingerprint density at radius 3 is 3.00 bits per heavy atom. The van der Waals surface area contributed by atoms with Crippen molar-refractivity contribution < 1.29 is 4.74 Å². The van der Waals surface area contributed by atoms with Gasteiger partial charge in [0.25, 0.3) is 0 Å². The second-order valence-corrected chi connectivity index (χ2v) is 5.13. The van der Waals surface area contributed by atoms with E-state index in [0.29, 0.717) is 6.10 Å². The van der Waals surface area contributed by atoms with E-state index in [2.05, 4.69) is 34.2 Å². The first-order valence-electron chi connectivity index (χ1n) is 7.11. The van der Waals surface area contributed by atoms with Gasteiger partial charge >= 0.3 is 0 Å². The van der Waals surface area contributed by atoms with Gasteiger partial charge < -0.3 is 15.0 Å². The van der Waals surface area contributed by atoms with Crippen molar-refractivity contribution in [2.75, 3.05) is 37.0 Å². The molecule has 1 atom stereocenters. The highest BCUT2D eigenvalue weighted by molar-refractivity contribution is 5.44. The molecule has 0 aliphatic carbocycles. The predicted molar refractivity (Wildman–Crippen MR) is 77.8 cm³/mol. The average molecular weight is 264 g/mol. The second-order valence-electron chi connectivity index (χ2n) is 5.13. The van der Waals surface area contributed by atoms with E-state index in [-0.39, 0.29) is 0 Å². The summed E-state index contributed by atoms with van der Waals surface area (Å²) >= 11 is 0. The zero-order chi connectivity index (χ0) is 13.7. The van der Waals surface area contributed by atoms with Crippen molar-refractivity contribution in [3.63, 3.8) is 0 Å². The summed E-state index contributed by atoms with van der Waals surface area (Å²) in [4.78, 5) is 11.1. The molecule has 1 aromatic rings. The highest BCUT2D eigenvalue weighted by Crippen LogP contribution is 2.18. The van der Waals surface area contributed by atoms with Crippen LogP contribution in [-0.2, 0) is 4.74 Å². The van der Waals surface area contributed by atoms with Gasteiger partial charge in [-0.05, 0) is 26.2 Å². The van der Waals surface area contributed by atoms with Crippen LogP contribution in [0.15, 0.2) is 6.07 Å². The van der Waals surface area contributed by atoms with Gasteiger partial charge in [0, 0.05) is 38.5 Å². The summed E-state index contributed by atoms with van der Waals surface area (Å²) in [7, 11) is 2.06. The van der Waals surface area contributed by atoms with E-state index in [9.17, 15) is 0 Å². The van der Waals surface area contributed by atoms with Gasteiger partial charge in [0.2, 0.25) is 5.95 Å². The summed E-state index contributed by atoms with van der Waals surface area (Å²) in [6.07, 6.45) is 3.73. The average Bonchev–Trinajstić information content (AvgIpc) is 2.88. The molecule has 2 rings (SSSR count). The summed E-state index contributed by atoms with van der Waals surface area (Å²) in [5.41, 5.74) is 0.989. The van der Waals surface area contributed by atoms with Gasteiger partial charge in [-0.1, -0.05) is 6.92 Å². The number of rotatable bonds is 6.